The lowest BCUT2D eigenvalue weighted by molar-refractivity contribution is -0.0991. The molecule has 0 aromatic carbocycles. The first-order chi connectivity index (χ1) is 12.3. The molecule has 0 amide bonds. The zero-order valence-corrected chi connectivity index (χ0v) is 17.2. The molecule has 0 heterocycles. The molecule has 0 bridgehead atoms. The van der Waals surface area contributed by atoms with Gasteiger partial charge in [0.2, 0.25) is 0 Å². The number of nitrogens with zero attached hydrogens (tertiary/aromatic N) is 1. The molecule has 2 N–H and O–H groups in total. The van der Waals surface area contributed by atoms with Gasteiger partial charge in [0.05, 0.1) is 6.61 Å². The van der Waals surface area contributed by atoms with Crippen molar-refractivity contribution in [1.29, 1.82) is 0 Å². The maximum absolute atomic E-state index is 9.36. The zero-order chi connectivity index (χ0) is 18.4. The average molecular weight is 358 g/mol. The highest BCUT2D eigenvalue weighted by atomic mass is 16.5. The number of hydrogen-bond acceptors (Lipinski definition) is 3. The first-order valence-corrected chi connectivity index (χ1v) is 11.4. The Labute approximate surface area is 158 Å². The fourth-order valence-electron chi connectivity index (χ4n) is 3.42. The molecule has 0 atom stereocenters. The first-order valence-electron chi connectivity index (χ1n) is 11.4. The molecular weight excluding hydrogens is 310 g/mol. The Morgan fingerprint density at radius 1 is 0.480 bits per heavy atom. The summed E-state index contributed by atoms with van der Waals surface area (Å²) in [5, 5.41) is 19.3. The van der Waals surface area contributed by atoms with E-state index in [0.717, 1.165) is 6.42 Å². The summed E-state index contributed by atoms with van der Waals surface area (Å²) in [6.45, 7) is 3.39. The Hall–Kier alpha value is -0.120. The topological polar surface area (TPSA) is 43.7 Å². The third-order valence-corrected chi connectivity index (χ3v) is 5.13. The lowest BCUT2D eigenvalue weighted by Gasteiger charge is -2.12. The Bertz CT molecular complexity index is 236. The van der Waals surface area contributed by atoms with E-state index in [9.17, 15) is 5.21 Å². The molecule has 0 fully saturated rings. The summed E-state index contributed by atoms with van der Waals surface area (Å²) in [6.07, 6.45) is 24.8. The number of rotatable bonds is 21. The van der Waals surface area contributed by atoms with Crippen molar-refractivity contribution in [3.63, 3.8) is 0 Å². The van der Waals surface area contributed by atoms with Gasteiger partial charge in [0.25, 0.3) is 0 Å². The molecule has 25 heavy (non-hydrogen) atoms. The smallest absolute Gasteiger partial charge is 0.0581 e. The van der Waals surface area contributed by atoms with Crippen LogP contribution in [0.5, 0.6) is 0 Å². The van der Waals surface area contributed by atoms with E-state index in [1.165, 1.54) is 114 Å². The predicted octanol–water partition coefficient (Wildman–Crippen LogP) is 6.71. The van der Waals surface area contributed by atoms with Crippen molar-refractivity contribution in [2.24, 2.45) is 0 Å². The predicted molar refractivity (Wildman–Crippen MR) is 109 cm³/mol. The van der Waals surface area contributed by atoms with Crippen LogP contribution in [-0.2, 0) is 0 Å². The highest BCUT2D eigenvalue weighted by molar-refractivity contribution is 4.51. The molecule has 0 aromatic heterocycles. The van der Waals surface area contributed by atoms with Gasteiger partial charge in [-0.25, -0.2) is 0 Å². The standard InChI is InChI=1S/C22H47NO2/c1-2-3-4-5-6-7-8-9-10-11-12-13-14-15-16-17-18-19-20-23(25)21-22-24/h24-25H,2-22H2,1H3. The Morgan fingerprint density at radius 2 is 0.800 bits per heavy atom. The monoisotopic (exact) mass is 357 g/mol. The number of unbranched alkanes of at least 4 members (excludes halogenated alkanes) is 17. The Morgan fingerprint density at radius 3 is 1.12 bits per heavy atom. The lowest BCUT2D eigenvalue weighted by atomic mass is 10.0. The quantitative estimate of drug-likeness (QED) is 0.177. The number of hydrogen-bond donors (Lipinski definition) is 2. The van der Waals surface area contributed by atoms with Crippen LogP contribution in [0.15, 0.2) is 0 Å². The van der Waals surface area contributed by atoms with Gasteiger partial charge in [0.1, 0.15) is 0 Å². The second kappa shape index (κ2) is 21.9. The average Bonchev–Trinajstić information content (AvgIpc) is 2.61. The van der Waals surface area contributed by atoms with Crippen molar-refractivity contribution < 1.29 is 10.3 Å². The van der Waals surface area contributed by atoms with Crippen molar-refractivity contribution in [2.45, 2.75) is 122 Å². The van der Waals surface area contributed by atoms with Crippen molar-refractivity contribution in [3.8, 4) is 0 Å². The van der Waals surface area contributed by atoms with Crippen LogP contribution in [0.3, 0.4) is 0 Å². The molecule has 152 valence electrons. The Kier molecular flexibility index (Phi) is 21.8. The minimum absolute atomic E-state index is 0.0372. The largest absolute Gasteiger partial charge is 0.395 e. The minimum Gasteiger partial charge on any atom is -0.395 e. The lowest BCUT2D eigenvalue weighted by Crippen LogP contribution is -2.23. The number of hydroxylamine groups is 2. The molecule has 0 aromatic rings. The van der Waals surface area contributed by atoms with E-state index in [4.69, 9.17) is 5.11 Å². The van der Waals surface area contributed by atoms with E-state index < -0.39 is 0 Å². The van der Waals surface area contributed by atoms with Gasteiger partial charge in [-0.05, 0) is 6.42 Å². The van der Waals surface area contributed by atoms with Crippen LogP contribution in [0.4, 0.5) is 0 Å². The molecule has 0 saturated carbocycles. The summed E-state index contributed by atoms with van der Waals surface area (Å²) in [7, 11) is 0. The van der Waals surface area contributed by atoms with Crippen LogP contribution in [0.25, 0.3) is 0 Å². The summed E-state index contributed by atoms with van der Waals surface area (Å²) in [5.41, 5.74) is 0. The van der Waals surface area contributed by atoms with Crippen LogP contribution in [0.2, 0.25) is 0 Å². The van der Waals surface area contributed by atoms with Gasteiger partial charge in [-0.2, -0.15) is 5.06 Å². The van der Waals surface area contributed by atoms with Crippen LogP contribution < -0.4 is 0 Å². The van der Waals surface area contributed by atoms with Crippen LogP contribution in [-0.4, -0.2) is 35.1 Å². The van der Waals surface area contributed by atoms with Crippen molar-refractivity contribution >= 4 is 0 Å². The summed E-state index contributed by atoms with van der Waals surface area (Å²) in [4.78, 5) is 0. The SMILES string of the molecule is CCCCCCCCCCCCCCCCCCCCN(O)CCO. The molecule has 0 aliphatic rings. The van der Waals surface area contributed by atoms with Gasteiger partial charge in [0.15, 0.2) is 0 Å². The fraction of sp³-hybridized carbons (Fsp3) is 1.00. The van der Waals surface area contributed by atoms with E-state index in [2.05, 4.69) is 6.92 Å². The molecule has 0 aliphatic heterocycles. The molecule has 0 rings (SSSR count). The summed E-state index contributed by atoms with van der Waals surface area (Å²) >= 11 is 0. The van der Waals surface area contributed by atoms with Gasteiger partial charge in [-0.3, -0.25) is 0 Å². The van der Waals surface area contributed by atoms with Gasteiger partial charge >= 0.3 is 0 Å². The summed E-state index contributed by atoms with van der Waals surface area (Å²) < 4.78 is 0. The molecular formula is C22H47NO2. The first kappa shape index (κ1) is 24.9. The van der Waals surface area contributed by atoms with E-state index in [1.807, 2.05) is 0 Å². The van der Waals surface area contributed by atoms with Gasteiger partial charge in [-0.1, -0.05) is 116 Å². The second-order valence-electron chi connectivity index (χ2n) is 7.69. The van der Waals surface area contributed by atoms with Crippen LogP contribution in [0.1, 0.15) is 122 Å². The summed E-state index contributed by atoms with van der Waals surface area (Å²) in [5.74, 6) is 0. The minimum atomic E-state index is 0.0372. The molecule has 3 nitrogen and oxygen atoms in total. The number of aliphatic hydroxyl groups excluding tert-OH is 1. The highest BCUT2D eigenvalue weighted by Gasteiger charge is 1.98. The molecule has 0 unspecified atom stereocenters. The third-order valence-electron chi connectivity index (χ3n) is 5.13. The third kappa shape index (κ3) is 21.8. The van der Waals surface area contributed by atoms with Crippen molar-refractivity contribution in [1.82, 2.24) is 5.06 Å². The van der Waals surface area contributed by atoms with Gasteiger partial charge in [0, 0.05) is 13.1 Å². The zero-order valence-electron chi connectivity index (χ0n) is 17.2. The van der Waals surface area contributed by atoms with E-state index in [-0.39, 0.29) is 6.61 Å². The van der Waals surface area contributed by atoms with Crippen LogP contribution >= 0.6 is 0 Å². The fourth-order valence-corrected chi connectivity index (χ4v) is 3.42. The molecule has 3 heteroatoms. The molecule has 0 radical (unpaired) electrons. The maximum Gasteiger partial charge on any atom is 0.0581 e. The van der Waals surface area contributed by atoms with Gasteiger partial charge < -0.3 is 10.3 Å². The van der Waals surface area contributed by atoms with E-state index in [1.54, 1.807) is 0 Å². The number of aliphatic hydroxyl groups is 1. The summed E-state index contributed by atoms with van der Waals surface area (Å²) in [6, 6.07) is 0. The highest BCUT2D eigenvalue weighted by Crippen LogP contribution is 2.14. The van der Waals surface area contributed by atoms with E-state index in [0.29, 0.717) is 13.1 Å². The van der Waals surface area contributed by atoms with Crippen LogP contribution in [0, 0.1) is 0 Å². The maximum atomic E-state index is 9.36. The molecule has 0 spiro atoms. The molecule has 0 saturated heterocycles. The van der Waals surface area contributed by atoms with Crippen molar-refractivity contribution in [3.05, 3.63) is 0 Å². The van der Waals surface area contributed by atoms with Crippen molar-refractivity contribution in [2.75, 3.05) is 19.7 Å². The molecule has 0 aliphatic carbocycles. The van der Waals surface area contributed by atoms with E-state index >= 15 is 0 Å². The second-order valence-corrected chi connectivity index (χ2v) is 7.69. The Balaban J connectivity index is 3.00. The van der Waals surface area contributed by atoms with Gasteiger partial charge in [-0.15, -0.1) is 0 Å². The normalized spacial score (nSPS) is 11.5.